The molecular weight excluding hydrogens is 230 g/mol. The fourth-order valence-corrected chi connectivity index (χ4v) is 1.31. The van der Waals surface area contributed by atoms with Gasteiger partial charge in [0.2, 0.25) is 0 Å². The van der Waals surface area contributed by atoms with Crippen molar-refractivity contribution in [3.05, 3.63) is 35.1 Å². The smallest absolute Gasteiger partial charge is 0.251 e. The number of methoxy groups -OCH3 is 1. The van der Waals surface area contributed by atoms with Crippen molar-refractivity contribution in [3.63, 3.8) is 0 Å². The molecule has 0 aromatic heterocycles. The first-order valence-corrected chi connectivity index (χ1v) is 4.92. The monoisotopic (exact) mass is 241 g/mol. The predicted molar refractivity (Wildman–Crippen MR) is 63.0 cm³/mol. The highest BCUT2D eigenvalue weighted by atomic mass is 35.5. The topological polar surface area (TPSA) is 58.6 Å². The number of hydrogen-bond acceptors (Lipinski definition) is 3. The molecule has 0 atom stereocenters. The number of aliphatic hydroxyl groups excluding tert-OH is 1. The summed E-state index contributed by atoms with van der Waals surface area (Å²) in [6.45, 7) is 1.41. The first kappa shape index (κ1) is 12.4. The number of allylic oxidation sites excluding steroid dienone is 1. The van der Waals surface area contributed by atoms with Crippen molar-refractivity contribution in [1.29, 1.82) is 0 Å². The molecule has 0 heterocycles. The quantitative estimate of drug-likeness (QED) is 0.632. The average molecular weight is 242 g/mol. The Bertz CT molecular complexity index is 425. The molecule has 0 unspecified atom stereocenters. The third-order valence-corrected chi connectivity index (χ3v) is 1.99. The van der Waals surface area contributed by atoms with Gasteiger partial charge in [-0.1, -0.05) is 11.6 Å². The first-order chi connectivity index (χ1) is 7.52. The van der Waals surface area contributed by atoms with Crippen LogP contribution in [-0.2, 0) is 4.79 Å². The lowest BCUT2D eigenvalue weighted by atomic mass is 10.3. The number of anilines is 1. The molecule has 1 amide bonds. The van der Waals surface area contributed by atoms with Gasteiger partial charge in [0.05, 0.1) is 18.6 Å². The summed E-state index contributed by atoms with van der Waals surface area (Å²) < 4.78 is 5.05. The molecule has 4 nitrogen and oxygen atoms in total. The van der Waals surface area contributed by atoms with Crippen LogP contribution in [0.5, 0.6) is 5.75 Å². The van der Waals surface area contributed by atoms with E-state index in [4.69, 9.17) is 21.4 Å². The molecule has 86 valence electrons. The Morgan fingerprint density at radius 2 is 2.25 bits per heavy atom. The van der Waals surface area contributed by atoms with E-state index in [0.29, 0.717) is 16.5 Å². The van der Waals surface area contributed by atoms with Crippen LogP contribution in [0.3, 0.4) is 0 Å². The Morgan fingerprint density at radius 3 is 2.81 bits per heavy atom. The largest absolute Gasteiger partial charge is 0.512 e. The van der Waals surface area contributed by atoms with E-state index < -0.39 is 5.91 Å². The summed E-state index contributed by atoms with van der Waals surface area (Å²) >= 11 is 5.79. The number of nitrogens with one attached hydrogen (secondary N) is 1. The number of carbonyl (C=O) groups excluding carboxylic acids is 1. The van der Waals surface area contributed by atoms with Gasteiger partial charge in [0.15, 0.2) is 0 Å². The van der Waals surface area contributed by atoms with Crippen molar-refractivity contribution >= 4 is 23.2 Å². The molecule has 16 heavy (non-hydrogen) atoms. The van der Waals surface area contributed by atoms with Crippen molar-refractivity contribution in [2.75, 3.05) is 12.4 Å². The van der Waals surface area contributed by atoms with Crippen LogP contribution < -0.4 is 10.1 Å². The van der Waals surface area contributed by atoms with E-state index in [1.807, 2.05) is 0 Å². The van der Waals surface area contributed by atoms with Crippen molar-refractivity contribution < 1.29 is 14.6 Å². The standard InChI is InChI=1S/C11H12ClNO3/c1-7(14)5-11(15)13-9-6-8(12)3-4-10(9)16-2/h3-6,14H,1-2H3,(H,13,15)/b7-5-. The minimum absolute atomic E-state index is 0.0708. The minimum atomic E-state index is -0.444. The lowest BCUT2D eigenvalue weighted by Crippen LogP contribution is -2.09. The Balaban J connectivity index is 2.91. The number of benzene rings is 1. The maximum atomic E-state index is 11.4. The second-order valence-corrected chi connectivity index (χ2v) is 3.56. The molecule has 5 heteroatoms. The van der Waals surface area contributed by atoms with E-state index in [2.05, 4.69) is 5.32 Å². The zero-order valence-corrected chi connectivity index (χ0v) is 9.71. The van der Waals surface area contributed by atoms with Gasteiger partial charge in [-0.05, 0) is 25.1 Å². The number of ether oxygens (including phenoxy) is 1. The molecule has 0 aliphatic rings. The highest BCUT2D eigenvalue weighted by Crippen LogP contribution is 2.27. The van der Waals surface area contributed by atoms with Crippen molar-refractivity contribution in [1.82, 2.24) is 0 Å². The Morgan fingerprint density at radius 1 is 1.56 bits per heavy atom. The number of aliphatic hydroxyl groups is 1. The first-order valence-electron chi connectivity index (χ1n) is 4.54. The van der Waals surface area contributed by atoms with E-state index in [-0.39, 0.29) is 5.76 Å². The number of halogens is 1. The number of hydrogen-bond donors (Lipinski definition) is 2. The van der Waals surface area contributed by atoms with Crippen LogP contribution in [0, 0.1) is 0 Å². The molecule has 0 aliphatic carbocycles. The fraction of sp³-hybridized carbons (Fsp3) is 0.182. The van der Waals surface area contributed by atoms with Crippen LogP contribution in [0.1, 0.15) is 6.92 Å². The molecule has 2 N–H and O–H groups in total. The minimum Gasteiger partial charge on any atom is -0.512 e. The lowest BCUT2D eigenvalue weighted by Gasteiger charge is -2.08. The molecule has 0 bridgehead atoms. The molecular formula is C11H12ClNO3. The third kappa shape index (κ3) is 3.47. The highest BCUT2D eigenvalue weighted by molar-refractivity contribution is 6.31. The van der Waals surface area contributed by atoms with Crippen molar-refractivity contribution in [2.24, 2.45) is 0 Å². The van der Waals surface area contributed by atoms with Crippen LogP contribution in [-0.4, -0.2) is 18.1 Å². The van der Waals surface area contributed by atoms with Gasteiger partial charge in [-0.15, -0.1) is 0 Å². The van der Waals surface area contributed by atoms with E-state index in [0.717, 1.165) is 6.08 Å². The normalized spacial score (nSPS) is 11.1. The van der Waals surface area contributed by atoms with Crippen molar-refractivity contribution in [3.8, 4) is 5.75 Å². The maximum Gasteiger partial charge on any atom is 0.251 e. The Kier molecular flexibility index (Phi) is 4.19. The van der Waals surface area contributed by atoms with Gasteiger partial charge in [0, 0.05) is 11.1 Å². The molecule has 0 aliphatic heterocycles. The number of amides is 1. The van der Waals surface area contributed by atoms with Crippen LogP contribution >= 0.6 is 11.6 Å². The molecule has 1 aromatic carbocycles. The second-order valence-electron chi connectivity index (χ2n) is 3.12. The summed E-state index contributed by atoms with van der Waals surface area (Å²) in [5.74, 6) is -0.0131. The fourth-order valence-electron chi connectivity index (χ4n) is 1.14. The molecule has 0 fully saturated rings. The van der Waals surface area contributed by atoms with Crippen LogP contribution in [0.25, 0.3) is 0 Å². The predicted octanol–water partition coefficient (Wildman–Crippen LogP) is 2.75. The van der Waals surface area contributed by atoms with Crippen LogP contribution in [0.15, 0.2) is 30.0 Å². The van der Waals surface area contributed by atoms with E-state index in [9.17, 15) is 4.79 Å². The highest BCUT2D eigenvalue weighted by Gasteiger charge is 2.06. The Hall–Kier alpha value is -1.68. The molecule has 0 radical (unpaired) electrons. The zero-order chi connectivity index (χ0) is 12.1. The number of rotatable bonds is 3. The van der Waals surface area contributed by atoms with Gasteiger partial charge >= 0.3 is 0 Å². The van der Waals surface area contributed by atoms with Gasteiger partial charge in [-0.2, -0.15) is 0 Å². The third-order valence-electron chi connectivity index (χ3n) is 1.76. The number of carbonyl (C=O) groups is 1. The van der Waals surface area contributed by atoms with Gasteiger partial charge in [-0.25, -0.2) is 0 Å². The second kappa shape index (κ2) is 5.42. The molecule has 0 spiro atoms. The molecule has 1 rings (SSSR count). The summed E-state index contributed by atoms with van der Waals surface area (Å²) in [4.78, 5) is 11.4. The zero-order valence-electron chi connectivity index (χ0n) is 8.95. The lowest BCUT2D eigenvalue weighted by molar-refractivity contribution is -0.112. The summed E-state index contributed by atoms with van der Waals surface area (Å²) in [6.07, 6.45) is 1.07. The molecule has 0 saturated carbocycles. The SMILES string of the molecule is COc1ccc(Cl)cc1NC(=O)/C=C(/C)O. The average Bonchev–Trinajstić information content (AvgIpc) is 2.16. The van der Waals surface area contributed by atoms with Gasteiger partial charge < -0.3 is 15.2 Å². The van der Waals surface area contributed by atoms with Crippen LogP contribution in [0.4, 0.5) is 5.69 Å². The summed E-state index contributed by atoms with van der Waals surface area (Å²) in [5, 5.41) is 12.0. The van der Waals surface area contributed by atoms with Crippen molar-refractivity contribution in [2.45, 2.75) is 6.92 Å². The summed E-state index contributed by atoms with van der Waals surface area (Å²) in [6, 6.07) is 4.87. The summed E-state index contributed by atoms with van der Waals surface area (Å²) in [5.41, 5.74) is 0.456. The van der Waals surface area contributed by atoms with Gasteiger partial charge in [0.25, 0.3) is 5.91 Å². The Labute approximate surface area is 98.5 Å². The van der Waals surface area contributed by atoms with E-state index in [1.165, 1.54) is 14.0 Å². The van der Waals surface area contributed by atoms with E-state index >= 15 is 0 Å². The van der Waals surface area contributed by atoms with Crippen LogP contribution in [0.2, 0.25) is 5.02 Å². The van der Waals surface area contributed by atoms with E-state index in [1.54, 1.807) is 18.2 Å². The summed E-state index contributed by atoms with van der Waals surface area (Å²) in [7, 11) is 1.49. The molecule has 1 aromatic rings. The maximum absolute atomic E-state index is 11.4. The molecule has 0 saturated heterocycles. The van der Waals surface area contributed by atoms with Gasteiger partial charge in [-0.3, -0.25) is 4.79 Å². The van der Waals surface area contributed by atoms with Gasteiger partial charge in [0.1, 0.15) is 5.75 Å².